The lowest BCUT2D eigenvalue weighted by atomic mass is 10.1. The van der Waals surface area contributed by atoms with Crippen LogP contribution in [0.2, 0.25) is 0 Å². The van der Waals surface area contributed by atoms with Gasteiger partial charge in [0, 0.05) is 38.4 Å². The topological polar surface area (TPSA) is 50.2 Å². The Morgan fingerprint density at radius 3 is 2.74 bits per heavy atom. The Morgan fingerprint density at radius 1 is 1.53 bits per heavy atom. The van der Waals surface area contributed by atoms with E-state index in [9.17, 15) is 4.79 Å². The number of nitrogens with one attached hydrogen (secondary N) is 1. The number of rotatable bonds is 2. The second-order valence-corrected chi connectivity index (χ2v) is 5.28. The molecule has 19 heavy (non-hydrogen) atoms. The van der Waals surface area contributed by atoms with Crippen LogP contribution < -0.4 is 5.32 Å². The first-order valence-corrected chi connectivity index (χ1v) is 6.56. The van der Waals surface area contributed by atoms with Gasteiger partial charge in [-0.15, -0.1) is 12.4 Å². The number of hydrogen-bond acceptors (Lipinski definition) is 3. The highest BCUT2D eigenvalue weighted by Gasteiger charge is 2.26. The number of carbonyl (C=O) groups excluding carboxylic acids is 1. The van der Waals surface area contributed by atoms with E-state index in [0.717, 1.165) is 25.3 Å². The SMILES string of the molecule is CC(C)c1cc(C(=O)N2CCNC[C@H]2C)nn1C.Cl. The van der Waals surface area contributed by atoms with Gasteiger partial charge in [0.05, 0.1) is 0 Å². The molecule has 2 heterocycles. The predicted molar refractivity (Wildman–Crippen MR) is 77.9 cm³/mol. The lowest BCUT2D eigenvalue weighted by Gasteiger charge is -2.33. The minimum absolute atomic E-state index is 0. The lowest BCUT2D eigenvalue weighted by molar-refractivity contribution is 0.0649. The standard InChI is InChI=1S/C13H22N4O.ClH/c1-9(2)12-7-11(15-16(12)4)13(18)17-6-5-14-8-10(17)3;/h7,9-10,14H,5-6,8H2,1-4H3;1H/t10-;/m1./s1. The van der Waals surface area contributed by atoms with Gasteiger partial charge in [-0.1, -0.05) is 13.8 Å². The summed E-state index contributed by atoms with van der Waals surface area (Å²) in [5, 5.41) is 7.63. The van der Waals surface area contributed by atoms with E-state index in [-0.39, 0.29) is 24.4 Å². The monoisotopic (exact) mass is 286 g/mol. The van der Waals surface area contributed by atoms with Crippen molar-refractivity contribution in [1.29, 1.82) is 0 Å². The molecule has 108 valence electrons. The minimum Gasteiger partial charge on any atom is -0.332 e. The molecule has 1 amide bonds. The summed E-state index contributed by atoms with van der Waals surface area (Å²) < 4.78 is 1.81. The molecule has 1 N–H and O–H groups in total. The van der Waals surface area contributed by atoms with Crippen molar-refractivity contribution in [1.82, 2.24) is 20.0 Å². The molecule has 6 heteroatoms. The minimum atomic E-state index is 0. The third kappa shape index (κ3) is 3.28. The number of piperazine rings is 1. The highest BCUT2D eigenvalue weighted by molar-refractivity contribution is 5.92. The summed E-state index contributed by atoms with van der Waals surface area (Å²) in [6.07, 6.45) is 0. The molecular formula is C13H23ClN4O. The smallest absolute Gasteiger partial charge is 0.274 e. The molecule has 1 aliphatic rings. The van der Waals surface area contributed by atoms with Crippen molar-refractivity contribution in [2.24, 2.45) is 7.05 Å². The van der Waals surface area contributed by atoms with Crippen molar-refractivity contribution in [3.8, 4) is 0 Å². The molecule has 0 spiro atoms. The molecule has 0 saturated carbocycles. The largest absolute Gasteiger partial charge is 0.332 e. The Balaban J connectivity index is 0.00000180. The highest BCUT2D eigenvalue weighted by Crippen LogP contribution is 2.17. The summed E-state index contributed by atoms with van der Waals surface area (Å²) in [4.78, 5) is 14.3. The molecule has 0 unspecified atom stereocenters. The Morgan fingerprint density at radius 2 is 2.21 bits per heavy atom. The van der Waals surface area contributed by atoms with Crippen molar-refractivity contribution in [2.45, 2.75) is 32.7 Å². The van der Waals surface area contributed by atoms with Crippen LogP contribution in [0, 0.1) is 0 Å². The third-order valence-corrected chi connectivity index (χ3v) is 3.49. The quantitative estimate of drug-likeness (QED) is 0.894. The summed E-state index contributed by atoms with van der Waals surface area (Å²) in [5.41, 5.74) is 1.66. The molecule has 0 bridgehead atoms. The van der Waals surface area contributed by atoms with Crippen molar-refractivity contribution >= 4 is 18.3 Å². The molecule has 0 aliphatic carbocycles. The number of amides is 1. The zero-order valence-corrected chi connectivity index (χ0v) is 12.8. The third-order valence-electron chi connectivity index (χ3n) is 3.49. The molecular weight excluding hydrogens is 264 g/mol. The van der Waals surface area contributed by atoms with Crippen LogP contribution in [0.3, 0.4) is 0 Å². The normalized spacial score (nSPS) is 19.4. The van der Waals surface area contributed by atoms with Crippen LogP contribution in [0.15, 0.2) is 6.07 Å². The zero-order chi connectivity index (χ0) is 13.3. The Bertz CT molecular complexity index is 444. The molecule has 5 nitrogen and oxygen atoms in total. The summed E-state index contributed by atoms with van der Waals surface area (Å²) in [6.45, 7) is 8.76. The van der Waals surface area contributed by atoms with E-state index in [1.54, 1.807) is 0 Å². The van der Waals surface area contributed by atoms with Gasteiger partial charge in [0.15, 0.2) is 5.69 Å². The average molecular weight is 287 g/mol. The Hall–Kier alpha value is -1.07. The van der Waals surface area contributed by atoms with Crippen LogP contribution in [-0.2, 0) is 7.05 Å². The number of hydrogen-bond donors (Lipinski definition) is 1. The lowest BCUT2D eigenvalue weighted by Crippen LogP contribution is -2.52. The fourth-order valence-corrected chi connectivity index (χ4v) is 2.42. The summed E-state index contributed by atoms with van der Waals surface area (Å²) in [7, 11) is 1.90. The number of aromatic nitrogens is 2. The van der Waals surface area contributed by atoms with Gasteiger partial charge in [-0.2, -0.15) is 5.10 Å². The first kappa shape index (κ1) is 16.0. The van der Waals surface area contributed by atoms with Crippen molar-refractivity contribution in [3.63, 3.8) is 0 Å². The van der Waals surface area contributed by atoms with E-state index in [4.69, 9.17) is 0 Å². The van der Waals surface area contributed by atoms with E-state index >= 15 is 0 Å². The van der Waals surface area contributed by atoms with Crippen LogP contribution in [-0.4, -0.2) is 46.3 Å². The predicted octanol–water partition coefficient (Wildman–Crippen LogP) is 1.40. The zero-order valence-electron chi connectivity index (χ0n) is 12.0. The average Bonchev–Trinajstić information content (AvgIpc) is 2.71. The number of nitrogens with zero attached hydrogens (tertiary/aromatic N) is 3. The highest BCUT2D eigenvalue weighted by atomic mass is 35.5. The van der Waals surface area contributed by atoms with Crippen molar-refractivity contribution in [3.05, 3.63) is 17.5 Å². The summed E-state index contributed by atoms with van der Waals surface area (Å²) in [5.74, 6) is 0.427. The fourth-order valence-electron chi connectivity index (χ4n) is 2.42. The van der Waals surface area contributed by atoms with Gasteiger partial charge in [-0.3, -0.25) is 9.48 Å². The van der Waals surface area contributed by atoms with Crippen molar-refractivity contribution in [2.75, 3.05) is 19.6 Å². The van der Waals surface area contributed by atoms with Gasteiger partial charge in [0.25, 0.3) is 5.91 Å². The molecule has 1 saturated heterocycles. The van der Waals surface area contributed by atoms with Gasteiger partial charge in [-0.05, 0) is 18.9 Å². The Kier molecular flexibility index (Phi) is 5.38. The number of halogens is 1. The second-order valence-electron chi connectivity index (χ2n) is 5.28. The Labute approximate surface area is 120 Å². The number of aryl methyl sites for hydroxylation is 1. The van der Waals surface area contributed by atoms with Gasteiger partial charge in [0.1, 0.15) is 0 Å². The maximum Gasteiger partial charge on any atom is 0.274 e. The molecule has 1 aromatic heterocycles. The van der Waals surface area contributed by atoms with Crippen molar-refractivity contribution < 1.29 is 4.79 Å². The molecule has 0 aromatic carbocycles. The van der Waals surface area contributed by atoms with Gasteiger partial charge < -0.3 is 10.2 Å². The molecule has 1 fully saturated rings. The molecule has 2 rings (SSSR count). The van der Waals surface area contributed by atoms with Crippen LogP contribution in [0.25, 0.3) is 0 Å². The van der Waals surface area contributed by atoms with E-state index < -0.39 is 0 Å². The van der Waals surface area contributed by atoms with E-state index in [1.165, 1.54) is 0 Å². The van der Waals surface area contributed by atoms with Crippen LogP contribution in [0.5, 0.6) is 0 Å². The van der Waals surface area contributed by atoms with Crippen LogP contribution in [0.1, 0.15) is 42.9 Å². The van der Waals surface area contributed by atoms with Crippen LogP contribution >= 0.6 is 12.4 Å². The maximum atomic E-state index is 12.4. The van der Waals surface area contributed by atoms with E-state index in [2.05, 4.69) is 31.2 Å². The van der Waals surface area contributed by atoms with E-state index in [1.807, 2.05) is 22.7 Å². The van der Waals surface area contributed by atoms with Crippen LogP contribution in [0.4, 0.5) is 0 Å². The van der Waals surface area contributed by atoms with Gasteiger partial charge in [0.2, 0.25) is 0 Å². The maximum absolute atomic E-state index is 12.4. The van der Waals surface area contributed by atoms with Gasteiger partial charge in [-0.25, -0.2) is 0 Å². The molecule has 0 radical (unpaired) electrons. The van der Waals surface area contributed by atoms with Gasteiger partial charge >= 0.3 is 0 Å². The first-order valence-electron chi connectivity index (χ1n) is 6.56. The molecule has 1 atom stereocenters. The molecule has 1 aliphatic heterocycles. The first-order chi connectivity index (χ1) is 8.50. The summed E-state index contributed by atoms with van der Waals surface area (Å²) >= 11 is 0. The fraction of sp³-hybridized carbons (Fsp3) is 0.692. The van der Waals surface area contributed by atoms with E-state index in [0.29, 0.717) is 11.6 Å². The summed E-state index contributed by atoms with van der Waals surface area (Å²) in [6, 6.07) is 2.15. The molecule has 1 aromatic rings. The second kappa shape index (κ2) is 6.39. The number of carbonyl (C=O) groups is 1.